The number of hydrogen-bond donors (Lipinski definition) is 1. The molecule has 15 heavy (non-hydrogen) atoms. The van der Waals surface area contributed by atoms with Crippen LogP contribution < -0.4 is 0 Å². The molecule has 1 heterocycles. The van der Waals surface area contributed by atoms with Crippen LogP contribution in [0.25, 0.3) is 10.9 Å². The lowest BCUT2D eigenvalue weighted by Gasteiger charge is -2.04. The number of aromatic nitrogens is 1. The van der Waals surface area contributed by atoms with E-state index in [4.69, 9.17) is 5.11 Å². The first-order valence-electron chi connectivity index (χ1n) is 4.07. The molecule has 0 radical (unpaired) electrons. The number of halogens is 2. The van der Waals surface area contributed by atoms with Gasteiger partial charge in [0.1, 0.15) is 5.52 Å². The number of carbonyl (C=O) groups is 1. The normalized spacial score (nSPS) is 10.5. The van der Waals surface area contributed by atoms with Crippen LogP contribution in [0.15, 0.2) is 28.9 Å². The molecule has 0 bridgehead atoms. The van der Waals surface area contributed by atoms with Crippen LogP contribution in [0, 0.1) is 5.82 Å². The lowest BCUT2D eigenvalue weighted by Crippen LogP contribution is -2.02. The number of benzene rings is 1. The van der Waals surface area contributed by atoms with E-state index in [1.54, 1.807) is 12.1 Å². The van der Waals surface area contributed by atoms with Crippen molar-refractivity contribution in [3.05, 3.63) is 40.2 Å². The molecule has 0 saturated carbocycles. The van der Waals surface area contributed by atoms with Gasteiger partial charge in [-0.25, -0.2) is 9.18 Å². The van der Waals surface area contributed by atoms with Gasteiger partial charge in [-0.1, -0.05) is 22.0 Å². The van der Waals surface area contributed by atoms with Crippen LogP contribution in [0.1, 0.15) is 10.4 Å². The largest absolute Gasteiger partial charge is 0.478 e. The van der Waals surface area contributed by atoms with E-state index < -0.39 is 11.8 Å². The number of aromatic carboxylic acids is 1. The van der Waals surface area contributed by atoms with Crippen molar-refractivity contribution in [3.63, 3.8) is 0 Å². The number of rotatable bonds is 1. The van der Waals surface area contributed by atoms with Gasteiger partial charge in [0, 0.05) is 16.1 Å². The maximum absolute atomic E-state index is 13.6. The lowest BCUT2D eigenvalue weighted by atomic mass is 10.1. The van der Waals surface area contributed by atoms with E-state index in [1.807, 2.05) is 0 Å². The molecule has 5 heteroatoms. The van der Waals surface area contributed by atoms with Crippen LogP contribution in [-0.2, 0) is 0 Å². The average molecular weight is 270 g/mol. The van der Waals surface area contributed by atoms with Crippen LogP contribution in [0.2, 0.25) is 0 Å². The van der Waals surface area contributed by atoms with Crippen LogP contribution in [0.4, 0.5) is 4.39 Å². The van der Waals surface area contributed by atoms with Gasteiger partial charge in [0.25, 0.3) is 0 Å². The molecular formula is C10H5BrFNO2. The Morgan fingerprint density at radius 2 is 2.27 bits per heavy atom. The number of nitrogens with zero attached hydrogens (tertiary/aromatic N) is 1. The summed E-state index contributed by atoms with van der Waals surface area (Å²) in [6.07, 6.45) is 1.42. The molecule has 1 N–H and O–H groups in total. The molecule has 0 aliphatic rings. The average Bonchev–Trinajstić information content (AvgIpc) is 2.23. The van der Waals surface area contributed by atoms with E-state index in [2.05, 4.69) is 20.9 Å². The van der Waals surface area contributed by atoms with E-state index in [-0.39, 0.29) is 11.1 Å². The fourth-order valence-corrected chi connectivity index (χ4v) is 1.87. The Kier molecular flexibility index (Phi) is 2.40. The first-order valence-corrected chi connectivity index (χ1v) is 4.86. The number of fused-ring (bicyclic) bond motifs is 1. The van der Waals surface area contributed by atoms with Crippen molar-refractivity contribution < 1.29 is 14.3 Å². The minimum absolute atomic E-state index is 0.0595. The molecule has 0 atom stereocenters. The second kappa shape index (κ2) is 3.58. The van der Waals surface area contributed by atoms with Gasteiger partial charge in [-0.05, 0) is 12.1 Å². The van der Waals surface area contributed by atoms with Crippen LogP contribution >= 0.6 is 15.9 Å². The summed E-state index contributed by atoms with van der Waals surface area (Å²) in [5.74, 6) is -2.11. The van der Waals surface area contributed by atoms with Gasteiger partial charge in [0.2, 0.25) is 0 Å². The molecule has 0 aliphatic carbocycles. The van der Waals surface area contributed by atoms with E-state index in [0.29, 0.717) is 9.86 Å². The highest BCUT2D eigenvalue weighted by Gasteiger charge is 2.16. The monoisotopic (exact) mass is 269 g/mol. The second-order valence-corrected chi connectivity index (χ2v) is 3.78. The molecule has 0 spiro atoms. The Morgan fingerprint density at radius 1 is 1.53 bits per heavy atom. The summed E-state index contributed by atoms with van der Waals surface area (Å²) in [6.45, 7) is 0. The van der Waals surface area contributed by atoms with Crippen LogP contribution in [0.3, 0.4) is 0 Å². The Balaban J connectivity index is 2.90. The third kappa shape index (κ3) is 1.59. The maximum atomic E-state index is 13.6. The van der Waals surface area contributed by atoms with Crippen molar-refractivity contribution in [3.8, 4) is 0 Å². The van der Waals surface area contributed by atoms with Crippen molar-refractivity contribution in [2.75, 3.05) is 0 Å². The topological polar surface area (TPSA) is 50.2 Å². The molecule has 2 rings (SSSR count). The molecule has 76 valence electrons. The molecule has 0 unspecified atom stereocenters. The van der Waals surface area contributed by atoms with Crippen molar-refractivity contribution in [2.24, 2.45) is 0 Å². The fourth-order valence-electron chi connectivity index (χ4n) is 1.32. The van der Waals surface area contributed by atoms with Gasteiger partial charge in [0.15, 0.2) is 5.82 Å². The zero-order valence-corrected chi connectivity index (χ0v) is 8.95. The summed E-state index contributed by atoms with van der Waals surface area (Å²) in [5.41, 5.74) is -0.322. The molecule has 0 saturated heterocycles. The number of hydrogen-bond acceptors (Lipinski definition) is 2. The molecule has 2 aromatic rings. The van der Waals surface area contributed by atoms with Gasteiger partial charge in [-0.3, -0.25) is 4.98 Å². The standard InChI is InChI=1S/C10H5BrFNO2/c11-7-4-6(10(14)15)8(12)9-5(7)2-1-3-13-9/h1-4H,(H,14,15). The van der Waals surface area contributed by atoms with E-state index >= 15 is 0 Å². The highest BCUT2D eigenvalue weighted by atomic mass is 79.9. The van der Waals surface area contributed by atoms with Crippen molar-refractivity contribution in [2.45, 2.75) is 0 Å². The Hall–Kier alpha value is -1.49. The Morgan fingerprint density at radius 3 is 2.93 bits per heavy atom. The molecule has 0 fully saturated rings. The van der Waals surface area contributed by atoms with Crippen LogP contribution in [-0.4, -0.2) is 16.1 Å². The summed E-state index contributed by atoms with van der Waals surface area (Å²) in [4.78, 5) is 14.5. The molecule has 0 aliphatic heterocycles. The summed E-state index contributed by atoms with van der Waals surface area (Å²) in [6, 6.07) is 4.57. The van der Waals surface area contributed by atoms with Gasteiger partial charge < -0.3 is 5.11 Å². The quantitative estimate of drug-likeness (QED) is 0.866. The van der Waals surface area contributed by atoms with Gasteiger partial charge >= 0.3 is 5.97 Å². The van der Waals surface area contributed by atoms with E-state index in [9.17, 15) is 9.18 Å². The van der Waals surface area contributed by atoms with E-state index in [1.165, 1.54) is 12.3 Å². The molecule has 0 amide bonds. The third-order valence-corrected chi connectivity index (χ3v) is 2.67. The number of pyridine rings is 1. The van der Waals surface area contributed by atoms with Crippen molar-refractivity contribution in [1.29, 1.82) is 0 Å². The second-order valence-electron chi connectivity index (χ2n) is 2.92. The number of carboxylic acids is 1. The number of carboxylic acid groups (broad SMARTS) is 1. The smallest absolute Gasteiger partial charge is 0.338 e. The maximum Gasteiger partial charge on any atom is 0.338 e. The highest BCUT2D eigenvalue weighted by molar-refractivity contribution is 9.10. The summed E-state index contributed by atoms with van der Waals surface area (Å²) >= 11 is 3.18. The highest BCUT2D eigenvalue weighted by Crippen LogP contribution is 2.27. The predicted molar refractivity (Wildman–Crippen MR) is 56.4 cm³/mol. The molecular weight excluding hydrogens is 265 g/mol. The first-order chi connectivity index (χ1) is 7.11. The van der Waals surface area contributed by atoms with Gasteiger partial charge in [-0.2, -0.15) is 0 Å². The summed E-state index contributed by atoms with van der Waals surface area (Å²) < 4.78 is 14.2. The fraction of sp³-hybridized carbons (Fsp3) is 0. The minimum atomic E-state index is -1.30. The third-order valence-electron chi connectivity index (χ3n) is 2.01. The SMILES string of the molecule is O=C(O)c1cc(Br)c2cccnc2c1F. The predicted octanol–water partition coefficient (Wildman–Crippen LogP) is 2.83. The van der Waals surface area contributed by atoms with Gasteiger partial charge in [0.05, 0.1) is 5.56 Å². The van der Waals surface area contributed by atoms with Gasteiger partial charge in [-0.15, -0.1) is 0 Å². The zero-order valence-electron chi connectivity index (χ0n) is 7.37. The molecule has 3 nitrogen and oxygen atoms in total. The Bertz CT molecular complexity index is 556. The van der Waals surface area contributed by atoms with Crippen molar-refractivity contribution in [1.82, 2.24) is 4.98 Å². The lowest BCUT2D eigenvalue weighted by molar-refractivity contribution is 0.0692. The molecule has 1 aromatic carbocycles. The summed E-state index contributed by atoms with van der Waals surface area (Å²) in [7, 11) is 0. The zero-order chi connectivity index (χ0) is 11.0. The van der Waals surface area contributed by atoms with Crippen molar-refractivity contribution >= 4 is 32.8 Å². The molecule has 1 aromatic heterocycles. The summed E-state index contributed by atoms with van der Waals surface area (Å²) in [5, 5.41) is 9.32. The van der Waals surface area contributed by atoms with E-state index in [0.717, 1.165) is 0 Å². The Labute approximate surface area is 92.7 Å². The van der Waals surface area contributed by atoms with Crippen LogP contribution in [0.5, 0.6) is 0 Å². The first kappa shape index (κ1) is 10.0. The minimum Gasteiger partial charge on any atom is -0.478 e.